The van der Waals surface area contributed by atoms with Crippen molar-refractivity contribution >= 4 is 34.3 Å². The highest BCUT2D eigenvalue weighted by Crippen LogP contribution is 2.41. The quantitative estimate of drug-likeness (QED) is 0.131. The largest absolute Gasteiger partial charge is 0.477 e. The van der Waals surface area contributed by atoms with Crippen LogP contribution in [0, 0.1) is 11.3 Å². The number of benzene rings is 4. The minimum atomic E-state index is -1.16. The van der Waals surface area contributed by atoms with Gasteiger partial charge in [-0.1, -0.05) is 76.2 Å². The number of aliphatic carboxylic acids is 1. The molecule has 0 saturated carbocycles. The second kappa shape index (κ2) is 16.4. The molecule has 276 valence electrons. The van der Waals surface area contributed by atoms with E-state index >= 15 is 0 Å². The fourth-order valence-electron chi connectivity index (χ4n) is 8.44. The number of nitrogens with zero attached hydrogens (tertiary/aromatic N) is 3. The molecular formula is C49H53N3O2. The summed E-state index contributed by atoms with van der Waals surface area (Å²) in [6.45, 7) is 11.0. The summed E-state index contributed by atoms with van der Waals surface area (Å²) < 4.78 is 0. The van der Waals surface area contributed by atoms with Gasteiger partial charge in [-0.25, -0.2) is 4.79 Å². The molecule has 0 aromatic heterocycles. The van der Waals surface area contributed by atoms with Crippen LogP contribution in [0.2, 0.25) is 0 Å². The number of hydrogen-bond acceptors (Lipinski definition) is 4. The molecule has 0 saturated heterocycles. The van der Waals surface area contributed by atoms with Crippen LogP contribution >= 0.6 is 0 Å². The molecule has 2 atom stereocenters. The van der Waals surface area contributed by atoms with E-state index in [4.69, 9.17) is 0 Å². The van der Waals surface area contributed by atoms with Gasteiger partial charge in [-0.2, -0.15) is 5.26 Å². The smallest absolute Gasteiger partial charge is 0.346 e. The highest BCUT2D eigenvalue weighted by molar-refractivity contribution is 5.93. The van der Waals surface area contributed by atoms with Gasteiger partial charge in [0.05, 0.1) is 0 Å². The van der Waals surface area contributed by atoms with Gasteiger partial charge in [-0.15, -0.1) is 0 Å². The van der Waals surface area contributed by atoms with Gasteiger partial charge in [0, 0.05) is 35.8 Å². The standard InChI is InChI=1S/C49H53N3O2/c1-5-33(3)36-14-20-43(21-15-36)51-26-8-12-41-30-39(18-24-47(41)51)45(29-35-10-7-11-38(28-35)46(32-50)49(53)54)40-19-25-48-42(31-40)13-9-27-52(48)44-22-16-37(17-23-44)34(4)6-2/h14-25,28-31,33-34H,5-13,26-27H2,1-4H3,(H,53,54)/b45-29?,46-38+. The van der Waals surface area contributed by atoms with E-state index in [2.05, 4.69) is 128 Å². The summed E-state index contributed by atoms with van der Waals surface area (Å²) in [4.78, 5) is 16.8. The Hall–Kier alpha value is -5.34. The minimum Gasteiger partial charge on any atom is -0.477 e. The zero-order valence-electron chi connectivity index (χ0n) is 32.4. The number of carboxylic acid groups (broad SMARTS) is 1. The van der Waals surface area contributed by atoms with Crippen LogP contribution in [0.5, 0.6) is 0 Å². The summed E-state index contributed by atoms with van der Waals surface area (Å²) in [5.74, 6) is -0.0547. The fraction of sp³-hybridized carbons (Fsp3) is 0.347. The Morgan fingerprint density at radius 2 is 1.22 bits per heavy atom. The first-order valence-corrected chi connectivity index (χ1v) is 20.1. The van der Waals surface area contributed by atoms with Crippen LogP contribution < -0.4 is 9.80 Å². The van der Waals surface area contributed by atoms with Gasteiger partial charge >= 0.3 is 5.97 Å². The second-order valence-corrected chi connectivity index (χ2v) is 15.4. The molecule has 1 N–H and O–H groups in total. The fourth-order valence-corrected chi connectivity index (χ4v) is 8.44. The van der Waals surface area contributed by atoms with Crippen LogP contribution in [-0.4, -0.2) is 24.2 Å². The van der Waals surface area contributed by atoms with Gasteiger partial charge < -0.3 is 14.9 Å². The molecule has 5 heteroatoms. The molecule has 4 aromatic rings. The first-order chi connectivity index (χ1) is 26.3. The number of anilines is 4. The van der Waals surface area contributed by atoms with Gasteiger partial charge in [0.2, 0.25) is 0 Å². The Morgan fingerprint density at radius 3 is 1.67 bits per heavy atom. The SMILES string of the molecule is CCC(C)c1ccc(N2CCCc3cc(C(=CC4=C/C(=C(\C#N)C(=O)O)CCC4)c4ccc5c(c4)CCCN5c4ccc(C(C)CC)cc4)ccc32)cc1. The highest BCUT2D eigenvalue weighted by atomic mass is 16.4. The van der Waals surface area contributed by atoms with Crippen molar-refractivity contribution in [3.63, 3.8) is 0 Å². The average molecular weight is 716 g/mol. The average Bonchev–Trinajstić information content (AvgIpc) is 3.21. The van der Waals surface area contributed by atoms with Gasteiger partial charge in [-0.3, -0.25) is 0 Å². The lowest BCUT2D eigenvalue weighted by Crippen LogP contribution is -2.24. The van der Waals surface area contributed by atoms with E-state index in [0.717, 1.165) is 86.7 Å². The molecule has 2 unspecified atom stereocenters. The lowest BCUT2D eigenvalue weighted by atomic mass is 9.86. The van der Waals surface area contributed by atoms with Crippen molar-refractivity contribution in [2.75, 3.05) is 22.9 Å². The van der Waals surface area contributed by atoms with E-state index in [1.165, 1.54) is 45.0 Å². The van der Waals surface area contributed by atoms with Crippen molar-refractivity contribution in [1.82, 2.24) is 0 Å². The third kappa shape index (κ3) is 7.66. The molecule has 2 heterocycles. The Morgan fingerprint density at radius 1 is 0.722 bits per heavy atom. The Balaban J connectivity index is 1.29. The minimum absolute atomic E-state index is 0.153. The molecule has 0 amide bonds. The van der Waals surface area contributed by atoms with Gasteiger partial charge in [0.1, 0.15) is 11.6 Å². The number of hydrogen-bond donors (Lipinski definition) is 1. The molecule has 0 spiro atoms. The summed E-state index contributed by atoms with van der Waals surface area (Å²) in [5.41, 5.74) is 15.4. The van der Waals surface area contributed by atoms with E-state index in [-0.39, 0.29) is 5.57 Å². The van der Waals surface area contributed by atoms with E-state index < -0.39 is 5.97 Å². The predicted molar refractivity (Wildman–Crippen MR) is 223 cm³/mol. The van der Waals surface area contributed by atoms with Crippen LogP contribution in [-0.2, 0) is 17.6 Å². The Labute approximate surface area is 322 Å². The van der Waals surface area contributed by atoms with Crippen molar-refractivity contribution in [1.29, 1.82) is 5.26 Å². The first kappa shape index (κ1) is 37.0. The maximum Gasteiger partial charge on any atom is 0.346 e. The molecule has 2 aliphatic heterocycles. The number of allylic oxidation sites excluding steroid dienone is 4. The summed E-state index contributed by atoms with van der Waals surface area (Å²) >= 11 is 0. The number of nitriles is 1. The van der Waals surface area contributed by atoms with Crippen molar-refractivity contribution in [2.45, 2.75) is 97.3 Å². The van der Waals surface area contributed by atoms with E-state index in [1.807, 2.05) is 12.1 Å². The molecule has 7 rings (SSSR count). The van der Waals surface area contributed by atoms with Gasteiger partial charge in [0.25, 0.3) is 0 Å². The van der Waals surface area contributed by atoms with Crippen molar-refractivity contribution < 1.29 is 9.90 Å². The Kier molecular flexibility index (Phi) is 11.2. The van der Waals surface area contributed by atoms with Crippen LogP contribution in [0.25, 0.3) is 5.57 Å². The molecule has 0 radical (unpaired) electrons. The molecular weight excluding hydrogens is 663 g/mol. The number of rotatable bonds is 10. The molecule has 4 aromatic carbocycles. The molecule has 0 fully saturated rings. The van der Waals surface area contributed by atoms with Gasteiger partial charge in [-0.05, 0) is 168 Å². The molecule has 0 bridgehead atoms. The van der Waals surface area contributed by atoms with Crippen LogP contribution in [0.15, 0.2) is 114 Å². The van der Waals surface area contributed by atoms with Crippen LogP contribution in [0.3, 0.4) is 0 Å². The van der Waals surface area contributed by atoms with E-state index in [9.17, 15) is 15.2 Å². The zero-order chi connectivity index (χ0) is 37.8. The van der Waals surface area contributed by atoms with E-state index in [0.29, 0.717) is 23.8 Å². The summed E-state index contributed by atoms with van der Waals surface area (Å²) in [7, 11) is 0. The summed E-state index contributed by atoms with van der Waals surface area (Å²) in [6.07, 6.45) is 12.9. The zero-order valence-corrected chi connectivity index (χ0v) is 32.4. The third-order valence-corrected chi connectivity index (χ3v) is 12.0. The van der Waals surface area contributed by atoms with E-state index in [1.54, 1.807) is 0 Å². The van der Waals surface area contributed by atoms with Gasteiger partial charge in [0.15, 0.2) is 0 Å². The maximum absolute atomic E-state index is 11.9. The lowest BCUT2D eigenvalue weighted by molar-refractivity contribution is -0.132. The van der Waals surface area contributed by atoms with Crippen LogP contribution in [0.4, 0.5) is 22.7 Å². The predicted octanol–water partition coefficient (Wildman–Crippen LogP) is 12.3. The number of carbonyl (C=O) groups is 1. The second-order valence-electron chi connectivity index (χ2n) is 15.4. The topological polar surface area (TPSA) is 67.6 Å². The number of aryl methyl sites for hydroxylation is 2. The molecule has 1 aliphatic carbocycles. The molecule has 3 aliphatic rings. The van der Waals surface area contributed by atoms with Crippen molar-refractivity contribution in [2.24, 2.45) is 0 Å². The first-order valence-electron chi connectivity index (χ1n) is 20.1. The monoisotopic (exact) mass is 715 g/mol. The lowest BCUT2D eigenvalue weighted by Gasteiger charge is -2.33. The Bertz CT molecular complexity index is 2030. The van der Waals surface area contributed by atoms with Crippen molar-refractivity contribution in [3.8, 4) is 6.07 Å². The summed E-state index contributed by atoms with van der Waals surface area (Å²) in [6, 6.07) is 34.1. The normalized spacial score (nSPS) is 17.4. The maximum atomic E-state index is 11.9. The highest BCUT2D eigenvalue weighted by Gasteiger charge is 2.24. The van der Waals surface area contributed by atoms with Crippen LogP contribution in [0.1, 0.15) is 118 Å². The van der Waals surface area contributed by atoms with Crippen molar-refractivity contribution in [3.05, 3.63) is 147 Å². The number of fused-ring (bicyclic) bond motifs is 2. The number of carboxylic acids is 1. The third-order valence-electron chi connectivity index (χ3n) is 12.0. The summed E-state index contributed by atoms with van der Waals surface area (Å²) in [5, 5.41) is 19.4. The molecule has 5 nitrogen and oxygen atoms in total. The molecule has 54 heavy (non-hydrogen) atoms.